The highest BCUT2D eigenvalue weighted by atomic mass is 79.9. The van der Waals surface area contributed by atoms with Gasteiger partial charge in [-0.05, 0) is 30.3 Å². The van der Waals surface area contributed by atoms with E-state index in [1.54, 1.807) is 32.4 Å². The highest BCUT2D eigenvalue weighted by molar-refractivity contribution is 9.10. The summed E-state index contributed by atoms with van der Waals surface area (Å²) in [5.41, 5.74) is 2.44. The molecule has 5 nitrogen and oxygen atoms in total. The number of aliphatic imine (C=N–C) groups is 1. The van der Waals surface area contributed by atoms with Crippen LogP contribution in [0.15, 0.2) is 45.9 Å². The molecule has 0 radical (unpaired) electrons. The average Bonchev–Trinajstić information content (AvgIpc) is 2.83. The van der Waals surface area contributed by atoms with Crippen molar-refractivity contribution in [2.24, 2.45) is 4.99 Å². The monoisotopic (exact) mass is 360 g/mol. The Morgan fingerprint density at radius 1 is 1.09 bits per heavy atom. The molecule has 0 spiro atoms. The lowest BCUT2D eigenvalue weighted by molar-refractivity contribution is -0.110. The van der Waals surface area contributed by atoms with Gasteiger partial charge in [-0.25, -0.2) is 4.99 Å². The van der Waals surface area contributed by atoms with Gasteiger partial charge in [0.1, 0.15) is 22.9 Å². The van der Waals surface area contributed by atoms with Crippen LogP contribution in [-0.2, 0) is 4.79 Å². The zero-order chi connectivity index (χ0) is 15.7. The largest absolute Gasteiger partial charge is 0.497 e. The molecule has 2 aromatic rings. The molecular weight excluding hydrogens is 348 g/mol. The molecule has 0 fully saturated rings. The lowest BCUT2D eigenvalue weighted by Gasteiger charge is -2.07. The van der Waals surface area contributed by atoms with Gasteiger partial charge in [0.05, 0.1) is 19.9 Å². The normalized spacial score (nSPS) is 14.7. The maximum Gasteiger partial charge on any atom is 0.275 e. The van der Waals surface area contributed by atoms with Gasteiger partial charge in [-0.2, -0.15) is 0 Å². The fraction of sp³-hybridized carbons (Fsp3) is 0.125. The standard InChI is InChI=1S/C16H13BrN2O3/c1-21-10-4-6-13(14(8-10)22-2)18-15-11-7-9(17)3-5-12(11)19-16(15)20/h3-8H,1-2H3,(H,18,19,20). The van der Waals surface area contributed by atoms with E-state index in [0.29, 0.717) is 22.9 Å². The predicted octanol–water partition coefficient (Wildman–Crippen LogP) is 3.54. The van der Waals surface area contributed by atoms with Crippen LogP contribution in [0, 0.1) is 0 Å². The van der Waals surface area contributed by atoms with Gasteiger partial charge in [0.2, 0.25) is 0 Å². The molecule has 0 bridgehead atoms. The quantitative estimate of drug-likeness (QED) is 0.910. The first-order chi connectivity index (χ1) is 10.6. The molecule has 1 aliphatic rings. The number of rotatable bonds is 3. The molecule has 0 saturated carbocycles. The highest BCUT2D eigenvalue weighted by Crippen LogP contribution is 2.34. The molecule has 2 aromatic carbocycles. The highest BCUT2D eigenvalue weighted by Gasteiger charge is 2.26. The lowest BCUT2D eigenvalue weighted by Crippen LogP contribution is -2.14. The van der Waals surface area contributed by atoms with Crippen LogP contribution >= 0.6 is 15.9 Å². The average molecular weight is 361 g/mol. The third-order valence-electron chi connectivity index (χ3n) is 3.32. The number of benzene rings is 2. The van der Waals surface area contributed by atoms with E-state index in [-0.39, 0.29) is 5.91 Å². The Balaban J connectivity index is 2.10. The van der Waals surface area contributed by atoms with Gasteiger partial charge in [-0.1, -0.05) is 15.9 Å². The van der Waals surface area contributed by atoms with Crippen molar-refractivity contribution in [1.29, 1.82) is 0 Å². The van der Waals surface area contributed by atoms with Crippen LogP contribution < -0.4 is 14.8 Å². The van der Waals surface area contributed by atoms with Crippen molar-refractivity contribution in [1.82, 2.24) is 0 Å². The molecule has 0 aliphatic carbocycles. The molecule has 0 atom stereocenters. The number of nitrogens with zero attached hydrogens (tertiary/aromatic N) is 1. The minimum absolute atomic E-state index is 0.231. The number of nitrogens with one attached hydrogen (secondary N) is 1. The van der Waals surface area contributed by atoms with Crippen LogP contribution in [0.25, 0.3) is 0 Å². The second-order valence-electron chi connectivity index (χ2n) is 4.64. The molecule has 22 heavy (non-hydrogen) atoms. The Labute approximate surface area is 136 Å². The van der Waals surface area contributed by atoms with Crippen LogP contribution in [0.1, 0.15) is 5.56 Å². The molecule has 1 heterocycles. The van der Waals surface area contributed by atoms with Crippen molar-refractivity contribution in [3.63, 3.8) is 0 Å². The summed E-state index contributed by atoms with van der Waals surface area (Å²) in [6.07, 6.45) is 0. The van der Waals surface area contributed by atoms with Crippen LogP contribution in [-0.4, -0.2) is 25.8 Å². The second-order valence-corrected chi connectivity index (χ2v) is 5.56. The van der Waals surface area contributed by atoms with Crippen molar-refractivity contribution in [3.8, 4) is 11.5 Å². The molecule has 0 aromatic heterocycles. The second kappa shape index (κ2) is 5.81. The number of amides is 1. The first-order valence-corrected chi connectivity index (χ1v) is 7.33. The summed E-state index contributed by atoms with van der Waals surface area (Å²) in [6.45, 7) is 0. The Morgan fingerprint density at radius 3 is 2.64 bits per heavy atom. The summed E-state index contributed by atoms with van der Waals surface area (Å²) in [5, 5.41) is 2.80. The Kier molecular flexibility index (Phi) is 3.85. The SMILES string of the molecule is COc1ccc(N=C2C(=O)Nc3ccc(Br)cc32)c(OC)c1. The molecule has 1 aliphatic heterocycles. The molecule has 0 unspecified atom stereocenters. The van der Waals surface area contributed by atoms with Gasteiger partial charge < -0.3 is 14.8 Å². The zero-order valence-corrected chi connectivity index (χ0v) is 13.6. The summed E-state index contributed by atoms with van der Waals surface area (Å²) < 4.78 is 11.4. The minimum atomic E-state index is -0.231. The lowest BCUT2D eigenvalue weighted by atomic mass is 10.1. The fourth-order valence-corrected chi connectivity index (χ4v) is 2.60. The minimum Gasteiger partial charge on any atom is -0.497 e. The third-order valence-corrected chi connectivity index (χ3v) is 3.81. The third kappa shape index (κ3) is 2.57. The van der Waals surface area contributed by atoms with E-state index in [4.69, 9.17) is 9.47 Å². The molecule has 112 valence electrons. The van der Waals surface area contributed by atoms with Crippen molar-refractivity contribution < 1.29 is 14.3 Å². The number of hydrogen-bond donors (Lipinski definition) is 1. The number of anilines is 1. The fourth-order valence-electron chi connectivity index (χ4n) is 2.23. The summed E-state index contributed by atoms with van der Waals surface area (Å²) >= 11 is 3.41. The molecule has 0 saturated heterocycles. The summed E-state index contributed by atoms with van der Waals surface area (Å²) in [4.78, 5) is 16.6. The topological polar surface area (TPSA) is 59.9 Å². The maximum atomic E-state index is 12.1. The first-order valence-electron chi connectivity index (χ1n) is 6.54. The van der Waals surface area contributed by atoms with Crippen LogP contribution in [0.5, 0.6) is 11.5 Å². The zero-order valence-electron chi connectivity index (χ0n) is 12.0. The van der Waals surface area contributed by atoms with Gasteiger partial charge in [0, 0.05) is 16.1 Å². The molecule has 1 N–H and O–H groups in total. The van der Waals surface area contributed by atoms with E-state index in [1.807, 2.05) is 18.2 Å². The number of hydrogen-bond acceptors (Lipinski definition) is 4. The van der Waals surface area contributed by atoms with Crippen molar-refractivity contribution in [2.75, 3.05) is 19.5 Å². The number of ether oxygens (including phenoxy) is 2. The van der Waals surface area contributed by atoms with Gasteiger partial charge in [0.25, 0.3) is 5.91 Å². The van der Waals surface area contributed by atoms with E-state index in [2.05, 4.69) is 26.2 Å². The Hall–Kier alpha value is -2.34. The number of carbonyl (C=O) groups excluding carboxylic acids is 1. The molecule has 1 amide bonds. The van der Waals surface area contributed by atoms with Crippen molar-refractivity contribution in [2.45, 2.75) is 0 Å². The predicted molar refractivity (Wildman–Crippen MR) is 88.5 cm³/mol. The van der Waals surface area contributed by atoms with Crippen molar-refractivity contribution in [3.05, 3.63) is 46.4 Å². The maximum absolute atomic E-state index is 12.1. The Morgan fingerprint density at radius 2 is 1.91 bits per heavy atom. The smallest absolute Gasteiger partial charge is 0.275 e. The van der Waals surface area contributed by atoms with E-state index >= 15 is 0 Å². The molecule has 3 rings (SSSR count). The van der Waals surface area contributed by atoms with E-state index in [1.165, 1.54) is 0 Å². The van der Waals surface area contributed by atoms with Crippen LogP contribution in [0.4, 0.5) is 11.4 Å². The summed E-state index contributed by atoms with van der Waals surface area (Å²) in [5.74, 6) is 0.980. The molecule has 6 heteroatoms. The van der Waals surface area contributed by atoms with Gasteiger partial charge in [-0.3, -0.25) is 4.79 Å². The van der Waals surface area contributed by atoms with Gasteiger partial charge >= 0.3 is 0 Å². The van der Waals surface area contributed by atoms with E-state index in [0.717, 1.165) is 15.7 Å². The number of halogens is 1. The summed E-state index contributed by atoms with van der Waals surface area (Å²) in [7, 11) is 3.14. The van der Waals surface area contributed by atoms with Crippen LogP contribution in [0.3, 0.4) is 0 Å². The summed E-state index contributed by atoms with van der Waals surface area (Å²) in [6, 6.07) is 10.8. The van der Waals surface area contributed by atoms with E-state index < -0.39 is 0 Å². The molecular formula is C16H13BrN2O3. The number of methoxy groups -OCH3 is 2. The Bertz CT molecular complexity index is 787. The number of carbonyl (C=O) groups is 1. The van der Waals surface area contributed by atoms with Crippen molar-refractivity contribution >= 4 is 38.9 Å². The first kappa shape index (κ1) is 14.6. The van der Waals surface area contributed by atoms with Crippen LogP contribution in [0.2, 0.25) is 0 Å². The van der Waals surface area contributed by atoms with Gasteiger partial charge in [0.15, 0.2) is 0 Å². The van der Waals surface area contributed by atoms with E-state index in [9.17, 15) is 4.79 Å². The van der Waals surface area contributed by atoms with Gasteiger partial charge in [-0.15, -0.1) is 0 Å². The number of fused-ring (bicyclic) bond motifs is 1.